The average Bonchev–Trinajstić information content (AvgIpc) is 2.87. The Balaban J connectivity index is 1.69. The van der Waals surface area contributed by atoms with Crippen molar-refractivity contribution in [2.24, 2.45) is 11.7 Å². The molecule has 1 saturated heterocycles. The first-order chi connectivity index (χ1) is 10.1. The van der Waals surface area contributed by atoms with Crippen LogP contribution in [0.1, 0.15) is 19.2 Å². The molecule has 0 saturated carbocycles. The molecule has 1 fully saturated rings. The van der Waals surface area contributed by atoms with E-state index in [2.05, 4.69) is 16.8 Å². The van der Waals surface area contributed by atoms with E-state index in [-0.39, 0.29) is 6.04 Å². The van der Waals surface area contributed by atoms with Gasteiger partial charge in [0.2, 0.25) is 5.89 Å². The zero-order valence-electron chi connectivity index (χ0n) is 12.1. The van der Waals surface area contributed by atoms with E-state index in [4.69, 9.17) is 21.8 Å². The highest BCUT2D eigenvalue weighted by Crippen LogP contribution is 2.23. The second-order valence-electron chi connectivity index (χ2n) is 5.92. The summed E-state index contributed by atoms with van der Waals surface area (Å²) in [6.45, 7) is 4.90. The van der Waals surface area contributed by atoms with E-state index in [9.17, 15) is 0 Å². The van der Waals surface area contributed by atoms with Crippen molar-refractivity contribution >= 4 is 11.6 Å². The molecule has 112 valence electrons. The lowest BCUT2D eigenvalue weighted by atomic mass is 9.97. The summed E-state index contributed by atoms with van der Waals surface area (Å²) in [5, 5.41) is 0.717. The topological polar surface area (TPSA) is 55.3 Å². The molecule has 2 unspecified atom stereocenters. The molecule has 1 aromatic carbocycles. The maximum atomic E-state index is 6.07. The molecule has 0 bridgehead atoms. The summed E-state index contributed by atoms with van der Waals surface area (Å²) >= 11 is 5.90. The highest BCUT2D eigenvalue weighted by molar-refractivity contribution is 6.30. The third-order valence-corrected chi connectivity index (χ3v) is 4.06. The Hall–Kier alpha value is -1.36. The average molecular weight is 306 g/mol. The van der Waals surface area contributed by atoms with E-state index < -0.39 is 0 Å². The molecule has 3 rings (SSSR count). The number of rotatable bonds is 3. The zero-order valence-corrected chi connectivity index (χ0v) is 12.9. The van der Waals surface area contributed by atoms with Crippen LogP contribution in [-0.2, 0) is 6.54 Å². The minimum absolute atomic E-state index is 0.249. The van der Waals surface area contributed by atoms with E-state index in [1.807, 2.05) is 24.3 Å². The van der Waals surface area contributed by atoms with Gasteiger partial charge in [0, 0.05) is 29.7 Å². The predicted octanol–water partition coefficient (Wildman–Crippen LogP) is 3.16. The molecule has 1 aliphatic heterocycles. The number of nitrogens with two attached hydrogens (primary N) is 1. The van der Waals surface area contributed by atoms with E-state index in [1.165, 1.54) is 0 Å². The van der Waals surface area contributed by atoms with Gasteiger partial charge in [-0.3, -0.25) is 4.90 Å². The lowest BCUT2D eigenvalue weighted by Crippen LogP contribution is -2.45. The van der Waals surface area contributed by atoms with Crippen LogP contribution in [0, 0.1) is 5.92 Å². The first kappa shape index (κ1) is 14.6. The van der Waals surface area contributed by atoms with Crippen LogP contribution in [-0.4, -0.2) is 29.0 Å². The summed E-state index contributed by atoms with van der Waals surface area (Å²) in [6, 6.07) is 7.82. The van der Waals surface area contributed by atoms with Crippen LogP contribution in [0.25, 0.3) is 11.3 Å². The first-order valence-electron chi connectivity index (χ1n) is 7.28. The van der Waals surface area contributed by atoms with Crippen molar-refractivity contribution in [3.63, 3.8) is 0 Å². The normalized spacial score (nSPS) is 23.4. The van der Waals surface area contributed by atoms with Crippen molar-refractivity contribution in [1.82, 2.24) is 9.88 Å². The van der Waals surface area contributed by atoms with Crippen LogP contribution >= 0.6 is 11.6 Å². The molecular formula is C16H20ClN3O. The summed E-state index contributed by atoms with van der Waals surface area (Å²) in [5.41, 5.74) is 7.06. The Morgan fingerprint density at radius 2 is 2.10 bits per heavy atom. The monoisotopic (exact) mass is 305 g/mol. The van der Waals surface area contributed by atoms with Gasteiger partial charge < -0.3 is 10.2 Å². The summed E-state index contributed by atoms with van der Waals surface area (Å²) in [5.74, 6) is 2.14. The molecule has 0 aliphatic carbocycles. The van der Waals surface area contributed by atoms with Crippen molar-refractivity contribution in [3.8, 4) is 11.3 Å². The molecule has 2 atom stereocenters. The van der Waals surface area contributed by atoms with E-state index in [1.54, 1.807) is 6.20 Å². The van der Waals surface area contributed by atoms with Gasteiger partial charge in [0.25, 0.3) is 0 Å². The molecule has 0 radical (unpaired) electrons. The summed E-state index contributed by atoms with van der Waals surface area (Å²) in [6.07, 6.45) is 2.87. The van der Waals surface area contributed by atoms with Crippen molar-refractivity contribution in [2.45, 2.75) is 25.9 Å². The fourth-order valence-corrected chi connectivity index (χ4v) is 3.09. The smallest absolute Gasteiger partial charge is 0.209 e. The van der Waals surface area contributed by atoms with E-state index >= 15 is 0 Å². The fourth-order valence-electron chi connectivity index (χ4n) is 2.96. The molecule has 2 aromatic rings. The summed E-state index contributed by atoms with van der Waals surface area (Å²) in [4.78, 5) is 6.69. The van der Waals surface area contributed by atoms with E-state index in [0.29, 0.717) is 12.5 Å². The van der Waals surface area contributed by atoms with Crippen LogP contribution in [0.15, 0.2) is 34.9 Å². The first-order valence-corrected chi connectivity index (χ1v) is 7.66. The Labute approximate surface area is 129 Å². The Bertz CT molecular complexity index is 586. The molecule has 2 heterocycles. The number of nitrogens with zero attached hydrogens (tertiary/aromatic N) is 2. The predicted molar refractivity (Wildman–Crippen MR) is 84.0 cm³/mol. The van der Waals surface area contributed by atoms with Gasteiger partial charge >= 0.3 is 0 Å². The lowest BCUT2D eigenvalue weighted by molar-refractivity contribution is 0.146. The number of hydrogen-bond acceptors (Lipinski definition) is 4. The van der Waals surface area contributed by atoms with E-state index in [0.717, 1.165) is 41.7 Å². The van der Waals surface area contributed by atoms with Crippen molar-refractivity contribution in [3.05, 3.63) is 41.4 Å². The standard InChI is InChI=1S/C16H20ClN3O/c1-11-6-14(18)9-20(8-11)10-16-19-7-15(21-16)12-2-4-13(17)5-3-12/h2-5,7,11,14H,6,8-10,18H2,1H3. The third-order valence-electron chi connectivity index (χ3n) is 3.81. The van der Waals surface area contributed by atoms with Gasteiger partial charge in [-0.25, -0.2) is 4.98 Å². The Kier molecular flexibility index (Phi) is 4.29. The van der Waals surface area contributed by atoms with Crippen LogP contribution in [0.2, 0.25) is 5.02 Å². The third kappa shape index (κ3) is 3.64. The summed E-state index contributed by atoms with van der Waals surface area (Å²) in [7, 11) is 0. The SMILES string of the molecule is CC1CC(N)CN(Cc2ncc(-c3ccc(Cl)cc3)o2)C1. The zero-order chi connectivity index (χ0) is 14.8. The maximum Gasteiger partial charge on any atom is 0.209 e. The number of oxazole rings is 1. The Morgan fingerprint density at radius 3 is 2.81 bits per heavy atom. The van der Waals surface area contributed by atoms with Crippen LogP contribution in [0.3, 0.4) is 0 Å². The van der Waals surface area contributed by atoms with Crippen LogP contribution < -0.4 is 5.73 Å². The van der Waals surface area contributed by atoms with Gasteiger partial charge in [0.15, 0.2) is 5.76 Å². The quantitative estimate of drug-likeness (QED) is 0.946. The molecule has 1 aliphatic rings. The van der Waals surface area contributed by atoms with Crippen LogP contribution in [0.4, 0.5) is 0 Å². The van der Waals surface area contributed by atoms with Crippen LogP contribution in [0.5, 0.6) is 0 Å². The molecule has 0 spiro atoms. The molecule has 21 heavy (non-hydrogen) atoms. The number of aromatic nitrogens is 1. The molecule has 4 nitrogen and oxygen atoms in total. The second-order valence-corrected chi connectivity index (χ2v) is 6.36. The number of hydrogen-bond donors (Lipinski definition) is 1. The fraction of sp³-hybridized carbons (Fsp3) is 0.438. The molecular weight excluding hydrogens is 286 g/mol. The number of benzene rings is 1. The maximum absolute atomic E-state index is 6.07. The Morgan fingerprint density at radius 1 is 1.33 bits per heavy atom. The molecule has 0 amide bonds. The largest absolute Gasteiger partial charge is 0.439 e. The molecule has 5 heteroatoms. The van der Waals surface area contributed by atoms with Crippen molar-refractivity contribution < 1.29 is 4.42 Å². The molecule has 1 aromatic heterocycles. The van der Waals surface area contributed by atoms with Gasteiger partial charge in [-0.2, -0.15) is 0 Å². The minimum atomic E-state index is 0.249. The number of likely N-dealkylation sites (tertiary alicyclic amines) is 1. The summed E-state index contributed by atoms with van der Waals surface area (Å²) < 4.78 is 5.85. The van der Waals surface area contributed by atoms with Crippen molar-refractivity contribution in [1.29, 1.82) is 0 Å². The van der Waals surface area contributed by atoms with Crippen molar-refractivity contribution in [2.75, 3.05) is 13.1 Å². The van der Waals surface area contributed by atoms with Gasteiger partial charge in [0.1, 0.15) is 0 Å². The van der Waals surface area contributed by atoms with Gasteiger partial charge in [-0.05, 0) is 36.6 Å². The number of piperidine rings is 1. The number of halogens is 1. The lowest BCUT2D eigenvalue weighted by Gasteiger charge is -2.33. The highest BCUT2D eigenvalue weighted by Gasteiger charge is 2.23. The van der Waals surface area contributed by atoms with Gasteiger partial charge in [0.05, 0.1) is 12.7 Å². The molecule has 2 N–H and O–H groups in total. The van der Waals surface area contributed by atoms with Gasteiger partial charge in [-0.1, -0.05) is 18.5 Å². The highest BCUT2D eigenvalue weighted by atomic mass is 35.5. The minimum Gasteiger partial charge on any atom is -0.439 e. The second kappa shape index (κ2) is 6.18. The van der Waals surface area contributed by atoms with Gasteiger partial charge in [-0.15, -0.1) is 0 Å².